The van der Waals surface area contributed by atoms with E-state index in [4.69, 9.17) is 16.0 Å². The third-order valence-electron chi connectivity index (χ3n) is 3.41. The molecule has 0 bridgehead atoms. The molecule has 0 aliphatic heterocycles. The fourth-order valence-corrected chi connectivity index (χ4v) is 4.92. The molecule has 0 saturated heterocycles. The van der Waals surface area contributed by atoms with E-state index < -0.39 is 0 Å². The number of carbonyl (C=O) groups is 1. The van der Waals surface area contributed by atoms with Gasteiger partial charge in [0.1, 0.15) is 11.5 Å². The van der Waals surface area contributed by atoms with Crippen molar-refractivity contribution in [2.75, 3.05) is 11.5 Å². The number of nitrogens with one attached hydrogen (secondary N) is 1. The first-order valence-electron chi connectivity index (χ1n) is 8.34. The number of carbonyl (C=O) groups excluding carboxylic acids is 1. The van der Waals surface area contributed by atoms with Crippen LogP contribution in [0.1, 0.15) is 12.7 Å². The van der Waals surface area contributed by atoms with Gasteiger partial charge in [0.15, 0.2) is 8.68 Å². The van der Waals surface area contributed by atoms with Gasteiger partial charge in [0.05, 0.1) is 12.3 Å². The minimum Gasteiger partial charge on any atom is -0.459 e. The van der Waals surface area contributed by atoms with Crippen LogP contribution in [0, 0.1) is 0 Å². The summed E-state index contributed by atoms with van der Waals surface area (Å²) in [6.45, 7) is 6.18. The van der Waals surface area contributed by atoms with E-state index >= 15 is 0 Å². The SMILES string of the molecule is C=C(C)CSc1nnc(SCC(=O)NCc2ccc(-c3ccc(Cl)cc3)o2)s1. The van der Waals surface area contributed by atoms with Crippen LogP contribution in [-0.2, 0) is 11.3 Å². The third-order valence-corrected chi connectivity index (χ3v) is 7.08. The van der Waals surface area contributed by atoms with E-state index in [2.05, 4.69) is 22.1 Å². The van der Waals surface area contributed by atoms with Crippen LogP contribution in [-0.4, -0.2) is 27.6 Å². The lowest BCUT2D eigenvalue weighted by Gasteiger charge is -2.02. The van der Waals surface area contributed by atoms with Gasteiger partial charge in [0.2, 0.25) is 5.91 Å². The van der Waals surface area contributed by atoms with Crippen molar-refractivity contribution in [2.24, 2.45) is 0 Å². The maximum absolute atomic E-state index is 12.1. The Labute approximate surface area is 181 Å². The summed E-state index contributed by atoms with van der Waals surface area (Å²) in [5.74, 6) is 2.45. The van der Waals surface area contributed by atoms with Crippen molar-refractivity contribution in [2.45, 2.75) is 22.1 Å². The predicted molar refractivity (Wildman–Crippen MR) is 117 cm³/mol. The Balaban J connectivity index is 1.43. The van der Waals surface area contributed by atoms with Crippen molar-refractivity contribution in [1.82, 2.24) is 15.5 Å². The highest BCUT2D eigenvalue weighted by atomic mass is 35.5. The van der Waals surface area contributed by atoms with Crippen LogP contribution < -0.4 is 5.32 Å². The number of nitrogens with zero attached hydrogens (tertiary/aromatic N) is 2. The van der Waals surface area contributed by atoms with Crippen LogP contribution in [0.25, 0.3) is 11.3 Å². The fourth-order valence-electron chi connectivity index (χ4n) is 2.11. The van der Waals surface area contributed by atoms with Gasteiger partial charge in [0, 0.05) is 16.3 Å². The number of amides is 1. The number of furan rings is 1. The number of hydrogen-bond acceptors (Lipinski definition) is 7. The zero-order chi connectivity index (χ0) is 19.9. The molecule has 3 rings (SSSR count). The molecule has 0 saturated carbocycles. The molecule has 9 heteroatoms. The normalized spacial score (nSPS) is 10.8. The van der Waals surface area contributed by atoms with Crippen LogP contribution in [0.2, 0.25) is 5.02 Å². The van der Waals surface area contributed by atoms with Crippen molar-refractivity contribution in [3.63, 3.8) is 0 Å². The van der Waals surface area contributed by atoms with Gasteiger partial charge in [-0.2, -0.15) is 0 Å². The molecule has 5 nitrogen and oxygen atoms in total. The lowest BCUT2D eigenvalue weighted by molar-refractivity contribution is -0.118. The molecule has 146 valence electrons. The van der Waals surface area contributed by atoms with Crippen LogP contribution in [0.4, 0.5) is 0 Å². The Kier molecular flexibility index (Phi) is 7.61. The average Bonchev–Trinajstić information content (AvgIpc) is 3.33. The molecule has 2 aromatic heterocycles. The van der Waals surface area contributed by atoms with E-state index in [1.165, 1.54) is 23.1 Å². The molecule has 0 radical (unpaired) electrons. The second-order valence-electron chi connectivity index (χ2n) is 5.92. The summed E-state index contributed by atoms with van der Waals surface area (Å²) in [5, 5.41) is 11.7. The molecule has 1 amide bonds. The first-order chi connectivity index (χ1) is 13.5. The summed E-state index contributed by atoms with van der Waals surface area (Å²) in [5.41, 5.74) is 2.03. The van der Waals surface area contributed by atoms with Crippen LogP contribution in [0.15, 0.2) is 61.6 Å². The quantitative estimate of drug-likeness (QED) is 0.341. The smallest absolute Gasteiger partial charge is 0.230 e. The predicted octanol–water partition coefficient (Wildman–Crippen LogP) is 5.53. The lowest BCUT2D eigenvalue weighted by Crippen LogP contribution is -2.24. The lowest BCUT2D eigenvalue weighted by atomic mass is 10.2. The highest BCUT2D eigenvalue weighted by Crippen LogP contribution is 2.29. The molecule has 1 N–H and O–H groups in total. The highest BCUT2D eigenvalue weighted by Gasteiger charge is 2.10. The molecule has 0 aliphatic rings. The van der Waals surface area contributed by atoms with Gasteiger partial charge >= 0.3 is 0 Å². The van der Waals surface area contributed by atoms with Crippen LogP contribution in [0.3, 0.4) is 0 Å². The Morgan fingerprint density at radius 3 is 2.50 bits per heavy atom. The van der Waals surface area contributed by atoms with Crippen LogP contribution >= 0.6 is 46.5 Å². The van der Waals surface area contributed by atoms with Crippen molar-refractivity contribution >= 4 is 52.4 Å². The highest BCUT2D eigenvalue weighted by molar-refractivity contribution is 8.03. The molecule has 3 aromatic rings. The first kappa shape index (κ1) is 21.0. The van der Waals surface area contributed by atoms with Crippen LogP contribution in [0.5, 0.6) is 0 Å². The van der Waals surface area contributed by atoms with Gasteiger partial charge < -0.3 is 9.73 Å². The Bertz CT molecular complexity index is 954. The summed E-state index contributed by atoms with van der Waals surface area (Å²) in [4.78, 5) is 12.1. The topological polar surface area (TPSA) is 68.0 Å². The van der Waals surface area contributed by atoms with E-state index in [-0.39, 0.29) is 11.7 Å². The molecule has 0 atom stereocenters. The summed E-state index contributed by atoms with van der Waals surface area (Å²) < 4.78 is 7.44. The van der Waals surface area contributed by atoms with Gasteiger partial charge in [-0.3, -0.25) is 4.79 Å². The zero-order valence-electron chi connectivity index (χ0n) is 15.1. The third kappa shape index (κ3) is 6.41. The second kappa shape index (κ2) is 10.2. The van der Waals surface area contributed by atoms with E-state index in [0.29, 0.717) is 17.3 Å². The first-order valence-corrected chi connectivity index (χ1v) is 11.5. The van der Waals surface area contributed by atoms with Crippen molar-refractivity contribution < 1.29 is 9.21 Å². The molecule has 28 heavy (non-hydrogen) atoms. The molecule has 0 aliphatic carbocycles. The van der Waals surface area contributed by atoms with Gasteiger partial charge in [-0.1, -0.05) is 58.6 Å². The minimum atomic E-state index is -0.0826. The summed E-state index contributed by atoms with van der Waals surface area (Å²) in [7, 11) is 0. The number of rotatable bonds is 9. The maximum atomic E-state index is 12.1. The molecular weight excluding hydrogens is 434 g/mol. The van der Waals surface area contributed by atoms with E-state index in [0.717, 1.165) is 31.3 Å². The molecule has 0 unspecified atom stereocenters. The summed E-state index contributed by atoms with van der Waals surface area (Å²) in [6, 6.07) is 11.1. The Morgan fingerprint density at radius 2 is 1.82 bits per heavy atom. The number of halogens is 1. The van der Waals surface area contributed by atoms with E-state index in [9.17, 15) is 4.79 Å². The summed E-state index contributed by atoms with van der Waals surface area (Å²) in [6.07, 6.45) is 0. The standard InChI is InChI=1S/C19H18ClN3O2S3/c1-12(2)10-26-18-22-23-19(28-18)27-11-17(24)21-9-15-7-8-16(25-15)13-3-5-14(20)6-4-13/h3-8H,1,9-11H2,2H3,(H,21,24). The van der Waals surface area contributed by atoms with Gasteiger partial charge in [-0.15, -0.1) is 10.2 Å². The molecule has 1 aromatic carbocycles. The van der Waals surface area contributed by atoms with Gasteiger partial charge in [0.25, 0.3) is 0 Å². The monoisotopic (exact) mass is 451 g/mol. The second-order valence-corrected chi connectivity index (χ2v) is 9.78. The number of thioether (sulfide) groups is 2. The van der Waals surface area contributed by atoms with Crippen molar-refractivity contribution in [1.29, 1.82) is 0 Å². The van der Waals surface area contributed by atoms with Gasteiger partial charge in [-0.25, -0.2) is 0 Å². The van der Waals surface area contributed by atoms with E-state index in [1.54, 1.807) is 11.8 Å². The number of benzene rings is 1. The van der Waals surface area contributed by atoms with Gasteiger partial charge in [-0.05, 0) is 43.3 Å². The largest absolute Gasteiger partial charge is 0.459 e. The zero-order valence-corrected chi connectivity index (χ0v) is 18.3. The Morgan fingerprint density at radius 1 is 1.14 bits per heavy atom. The fraction of sp³-hybridized carbons (Fsp3) is 0.211. The van der Waals surface area contributed by atoms with Crippen molar-refractivity contribution in [3.8, 4) is 11.3 Å². The number of hydrogen-bond donors (Lipinski definition) is 1. The molecule has 2 heterocycles. The maximum Gasteiger partial charge on any atom is 0.230 e. The molecule has 0 fully saturated rings. The molecular formula is C19H18ClN3O2S3. The Hall–Kier alpha value is -1.74. The van der Waals surface area contributed by atoms with Crippen molar-refractivity contribution in [3.05, 3.63) is 59.3 Å². The summed E-state index contributed by atoms with van der Waals surface area (Å²) >= 11 is 10.4. The average molecular weight is 452 g/mol. The minimum absolute atomic E-state index is 0.0826. The number of aromatic nitrogens is 2. The van der Waals surface area contributed by atoms with E-state index in [1.807, 2.05) is 43.3 Å². The molecule has 0 spiro atoms.